The Labute approximate surface area is 133 Å². The number of fused-ring (bicyclic) bond motifs is 1. The van der Waals surface area contributed by atoms with E-state index in [9.17, 15) is 14.7 Å². The lowest BCUT2D eigenvalue weighted by Crippen LogP contribution is -1.98. The molecule has 1 unspecified atom stereocenters. The zero-order valence-corrected chi connectivity index (χ0v) is 12.8. The van der Waals surface area contributed by atoms with Crippen molar-refractivity contribution in [2.24, 2.45) is 0 Å². The summed E-state index contributed by atoms with van der Waals surface area (Å²) in [6.45, 7) is 3.86. The van der Waals surface area contributed by atoms with Crippen molar-refractivity contribution in [2.45, 2.75) is 19.8 Å². The third kappa shape index (κ3) is 2.42. The molecule has 2 N–H and O–H groups in total. The van der Waals surface area contributed by atoms with Gasteiger partial charge < -0.3 is 10.2 Å². The first-order valence-corrected chi connectivity index (χ1v) is 7.32. The number of rotatable bonds is 2. The second kappa shape index (κ2) is 5.39. The predicted octanol–water partition coefficient (Wildman–Crippen LogP) is 3.78. The van der Waals surface area contributed by atoms with Crippen LogP contribution in [-0.2, 0) is 0 Å². The fraction of sp³-hybridized carbons (Fsp3) is 0.158. The van der Waals surface area contributed by atoms with E-state index in [1.54, 1.807) is 24.3 Å². The van der Waals surface area contributed by atoms with Gasteiger partial charge in [0.1, 0.15) is 5.75 Å². The number of carboxylic acid groups (broad SMARTS) is 1. The van der Waals surface area contributed by atoms with Gasteiger partial charge in [0.15, 0.2) is 5.78 Å². The summed E-state index contributed by atoms with van der Waals surface area (Å²) >= 11 is 0. The number of phenolic OH excluding ortho intramolecular Hbond substituents is 1. The Morgan fingerprint density at radius 3 is 2.35 bits per heavy atom. The largest absolute Gasteiger partial charge is 0.507 e. The van der Waals surface area contributed by atoms with Gasteiger partial charge in [0.05, 0.1) is 11.1 Å². The summed E-state index contributed by atoms with van der Waals surface area (Å²) in [5, 5.41) is 18.9. The van der Waals surface area contributed by atoms with Crippen molar-refractivity contribution >= 4 is 17.8 Å². The number of carbonyl (C=O) groups is 2. The van der Waals surface area contributed by atoms with Gasteiger partial charge in [-0.15, -0.1) is 0 Å². The van der Waals surface area contributed by atoms with Crippen LogP contribution in [-0.4, -0.2) is 22.0 Å². The fourth-order valence-corrected chi connectivity index (χ4v) is 3.10. The number of hydrogen-bond acceptors (Lipinski definition) is 3. The Balaban J connectivity index is 2.05. The highest BCUT2D eigenvalue weighted by molar-refractivity contribution is 6.18. The molecule has 1 atom stereocenters. The minimum Gasteiger partial charge on any atom is -0.507 e. The van der Waals surface area contributed by atoms with Gasteiger partial charge in [0, 0.05) is 11.5 Å². The van der Waals surface area contributed by atoms with Crippen LogP contribution in [0.1, 0.15) is 50.2 Å². The average molecular weight is 308 g/mol. The molecule has 0 radical (unpaired) electrons. The van der Waals surface area contributed by atoms with Crippen LogP contribution in [0.25, 0.3) is 6.08 Å². The number of Topliss-reactive ketones (excluding diaryl/α,β-unsaturated/α-hetero) is 1. The quantitative estimate of drug-likeness (QED) is 0.828. The number of carboxylic acids is 1. The Hall–Kier alpha value is -2.88. The number of ketones is 1. The van der Waals surface area contributed by atoms with E-state index < -0.39 is 5.97 Å². The lowest BCUT2D eigenvalue weighted by atomic mass is 9.95. The summed E-state index contributed by atoms with van der Waals surface area (Å²) in [6, 6.07) is 9.72. The highest BCUT2D eigenvalue weighted by Crippen LogP contribution is 2.43. The van der Waals surface area contributed by atoms with Crippen LogP contribution in [0.15, 0.2) is 42.0 Å². The van der Waals surface area contributed by atoms with Crippen molar-refractivity contribution in [3.8, 4) is 5.75 Å². The normalized spacial score (nSPS) is 18.3. The topological polar surface area (TPSA) is 74.6 Å². The second-order valence-corrected chi connectivity index (χ2v) is 5.77. The summed E-state index contributed by atoms with van der Waals surface area (Å²) in [6.07, 6.45) is 1.76. The molecule has 0 spiro atoms. The Kier molecular flexibility index (Phi) is 3.52. The summed E-state index contributed by atoms with van der Waals surface area (Å²) in [7, 11) is 0. The standard InChI is InChI=1S/C19H16O4/c1-10-3-8-15(20)17-16(10)11(2)14(18(17)21)9-12-4-6-13(7-5-12)19(22)23/h3-9,11,20H,1-2H3,(H,22,23)/b14-9-. The van der Waals surface area contributed by atoms with E-state index in [2.05, 4.69) is 0 Å². The third-order valence-electron chi connectivity index (χ3n) is 4.31. The SMILES string of the molecule is Cc1ccc(O)c2c1C(C)/C(=C/c1ccc(C(=O)O)cc1)C2=O. The number of aryl methyl sites for hydroxylation is 1. The molecule has 116 valence electrons. The first-order valence-electron chi connectivity index (χ1n) is 7.32. The molecule has 1 aliphatic carbocycles. The number of allylic oxidation sites excluding steroid dienone is 1. The van der Waals surface area contributed by atoms with Crippen LogP contribution >= 0.6 is 0 Å². The van der Waals surface area contributed by atoms with Crippen molar-refractivity contribution < 1.29 is 19.8 Å². The van der Waals surface area contributed by atoms with E-state index in [4.69, 9.17) is 5.11 Å². The number of aromatic hydroxyl groups is 1. The molecule has 0 fully saturated rings. The van der Waals surface area contributed by atoms with Crippen LogP contribution in [0.4, 0.5) is 0 Å². The molecular formula is C19H16O4. The summed E-state index contributed by atoms with van der Waals surface area (Å²) in [4.78, 5) is 23.5. The van der Waals surface area contributed by atoms with E-state index in [0.717, 1.165) is 16.7 Å². The van der Waals surface area contributed by atoms with Gasteiger partial charge >= 0.3 is 5.97 Å². The monoisotopic (exact) mass is 308 g/mol. The molecule has 0 aliphatic heterocycles. The van der Waals surface area contributed by atoms with E-state index in [-0.39, 0.29) is 23.0 Å². The lowest BCUT2D eigenvalue weighted by Gasteiger charge is -2.09. The van der Waals surface area contributed by atoms with Crippen molar-refractivity contribution in [1.82, 2.24) is 0 Å². The molecule has 3 rings (SSSR count). The number of hydrogen-bond donors (Lipinski definition) is 2. The highest BCUT2D eigenvalue weighted by atomic mass is 16.4. The fourth-order valence-electron chi connectivity index (χ4n) is 3.10. The van der Waals surface area contributed by atoms with Crippen LogP contribution in [0.3, 0.4) is 0 Å². The molecule has 0 saturated carbocycles. The van der Waals surface area contributed by atoms with Crippen LogP contribution < -0.4 is 0 Å². The molecule has 0 heterocycles. The van der Waals surface area contributed by atoms with Gasteiger partial charge in [-0.2, -0.15) is 0 Å². The second-order valence-electron chi connectivity index (χ2n) is 5.77. The van der Waals surface area contributed by atoms with Crippen molar-refractivity contribution in [3.63, 3.8) is 0 Å². The number of aromatic carboxylic acids is 1. The Morgan fingerprint density at radius 1 is 1.13 bits per heavy atom. The first-order chi connectivity index (χ1) is 10.9. The summed E-state index contributed by atoms with van der Waals surface area (Å²) < 4.78 is 0. The smallest absolute Gasteiger partial charge is 0.335 e. The van der Waals surface area contributed by atoms with Crippen molar-refractivity contribution in [2.75, 3.05) is 0 Å². The van der Waals surface area contributed by atoms with Crippen LogP contribution in [0.5, 0.6) is 5.75 Å². The number of phenols is 1. The molecule has 4 nitrogen and oxygen atoms in total. The maximum atomic E-state index is 12.6. The maximum absolute atomic E-state index is 12.6. The van der Waals surface area contributed by atoms with E-state index in [0.29, 0.717) is 11.1 Å². The maximum Gasteiger partial charge on any atom is 0.335 e. The summed E-state index contributed by atoms with van der Waals surface area (Å²) in [5.41, 5.74) is 3.79. The molecule has 0 amide bonds. The van der Waals surface area contributed by atoms with Crippen LogP contribution in [0, 0.1) is 6.92 Å². The van der Waals surface area contributed by atoms with Crippen molar-refractivity contribution in [3.05, 3.63) is 69.8 Å². The molecule has 0 saturated heterocycles. The van der Waals surface area contributed by atoms with Crippen LogP contribution in [0.2, 0.25) is 0 Å². The first kappa shape index (κ1) is 15.0. The number of carbonyl (C=O) groups excluding carboxylic acids is 1. The molecule has 23 heavy (non-hydrogen) atoms. The Bertz CT molecular complexity index is 844. The minimum atomic E-state index is -0.984. The molecule has 1 aliphatic rings. The number of benzene rings is 2. The zero-order chi connectivity index (χ0) is 16.7. The molecule has 2 aromatic rings. The summed E-state index contributed by atoms with van der Waals surface area (Å²) in [5.74, 6) is -1.26. The molecule has 0 aromatic heterocycles. The molecular weight excluding hydrogens is 292 g/mol. The highest BCUT2D eigenvalue weighted by Gasteiger charge is 2.35. The van der Waals surface area contributed by atoms with Gasteiger partial charge in [0.25, 0.3) is 0 Å². The zero-order valence-electron chi connectivity index (χ0n) is 12.8. The average Bonchev–Trinajstić information content (AvgIpc) is 2.77. The van der Waals surface area contributed by atoms with Gasteiger partial charge in [-0.25, -0.2) is 4.79 Å². The predicted molar refractivity (Wildman–Crippen MR) is 87.0 cm³/mol. The van der Waals surface area contributed by atoms with Crippen molar-refractivity contribution in [1.29, 1.82) is 0 Å². The molecule has 4 heteroatoms. The molecule has 0 bridgehead atoms. The van der Waals surface area contributed by atoms with Gasteiger partial charge in [-0.1, -0.05) is 25.1 Å². The van der Waals surface area contributed by atoms with E-state index in [1.807, 2.05) is 19.9 Å². The Morgan fingerprint density at radius 2 is 1.78 bits per heavy atom. The van der Waals surface area contributed by atoms with E-state index in [1.165, 1.54) is 12.1 Å². The van der Waals surface area contributed by atoms with Gasteiger partial charge in [-0.05, 0) is 47.9 Å². The lowest BCUT2D eigenvalue weighted by molar-refractivity contribution is 0.0696. The third-order valence-corrected chi connectivity index (χ3v) is 4.31. The van der Waals surface area contributed by atoms with Gasteiger partial charge in [-0.3, -0.25) is 4.79 Å². The van der Waals surface area contributed by atoms with Gasteiger partial charge in [0.2, 0.25) is 0 Å². The van der Waals surface area contributed by atoms with E-state index >= 15 is 0 Å². The minimum absolute atomic E-state index is 0.00655. The molecule has 2 aromatic carbocycles.